The van der Waals surface area contributed by atoms with Crippen LogP contribution in [0.3, 0.4) is 0 Å². The zero-order valence-electron chi connectivity index (χ0n) is 13.3. The molecule has 1 aromatic carbocycles. The van der Waals surface area contributed by atoms with Gasteiger partial charge in [0.25, 0.3) is 5.95 Å². The van der Waals surface area contributed by atoms with Crippen molar-refractivity contribution in [1.82, 2.24) is 0 Å². The lowest BCUT2D eigenvalue weighted by Gasteiger charge is -2.15. The van der Waals surface area contributed by atoms with Crippen LogP contribution in [0.5, 0.6) is 17.4 Å². The van der Waals surface area contributed by atoms with Gasteiger partial charge in [-0.05, 0) is 31.8 Å². The molecule has 0 aliphatic carbocycles. The number of hydrogen-bond acceptors (Lipinski definition) is 4. The van der Waals surface area contributed by atoms with Gasteiger partial charge in [-0.15, -0.1) is 0 Å². The van der Waals surface area contributed by atoms with Crippen molar-refractivity contribution in [2.75, 3.05) is 21.3 Å². The molecule has 114 valence electrons. The summed E-state index contributed by atoms with van der Waals surface area (Å²) in [5.74, 6) is 1.98. The zero-order valence-corrected chi connectivity index (χ0v) is 14.2. The highest BCUT2D eigenvalue weighted by atomic mass is 31.0. The molecule has 2 aromatic rings. The van der Waals surface area contributed by atoms with E-state index in [1.54, 1.807) is 21.3 Å². The van der Waals surface area contributed by atoms with Gasteiger partial charge < -0.3 is 18.6 Å². The van der Waals surface area contributed by atoms with Gasteiger partial charge in [-0.3, -0.25) is 0 Å². The summed E-state index contributed by atoms with van der Waals surface area (Å²) in [6.45, 7) is 6.44. The third-order valence-electron chi connectivity index (χ3n) is 3.12. The molecule has 0 aliphatic rings. The summed E-state index contributed by atoms with van der Waals surface area (Å²) in [4.78, 5) is 0. The minimum atomic E-state index is -0.00872. The average molecular weight is 308 g/mol. The van der Waals surface area contributed by atoms with Gasteiger partial charge >= 0.3 is 0 Å². The number of ether oxygens (including phenoxy) is 3. The molecular weight excluding hydrogens is 287 g/mol. The summed E-state index contributed by atoms with van der Waals surface area (Å²) in [5, 5.41) is 1.13. The lowest BCUT2D eigenvalue weighted by Crippen LogP contribution is -2.09. The van der Waals surface area contributed by atoms with Crippen molar-refractivity contribution in [3.8, 4) is 28.5 Å². The van der Waals surface area contributed by atoms with Crippen LogP contribution in [0, 0.1) is 0 Å². The fourth-order valence-electron chi connectivity index (χ4n) is 2.01. The largest absolute Gasteiger partial charge is 0.493 e. The Balaban J connectivity index is 2.50. The molecule has 0 unspecified atom stereocenters. The van der Waals surface area contributed by atoms with Gasteiger partial charge in [0.1, 0.15) is 0 Å². The van der Waals surface area contributed by atoms with Crippen LogP contribution in [-0.2, 0) is 5.41 Å². The van der Waals surface area contributed by atoms with Gasteiger partial charge in [-0.25, -0.2) is 0 Å². The van der Waals surface area contributed by atoms with Crippen molar-refractivity contribution < 1.29 is 18.6 Å². The van der Waals surface area contributed by atoms with Crippen LogP contribution < -0.4 is 14.2 Å². The second-order valence-corrected chi connectivity index (χ2v) is 6.76. The van der Waals surface area contributed by atoms with E-state index >= 15 is 0 Å². The lowest BCUT2D eigenvalue weighted by molar-refractivity contribution is 0.298. The summed E-state index contributed by atoms with van der Waals surface area (Å²) >= 11 is 0. The summed E-state index contributed by atoms with van der Waals surface area (Å²) in [6, 6.07) is 5.75. The fourth-order valence-corrected chi connectivity index (χ4v) is 3.17. The molecule has 0 atom stereocenters. The molecule has 0 spiro atoms. The van der Waals surface area contributed by atoms with Gasteiger partial charge in [-0.1, -0.05) is 20.8 Å². The molecule has 1 heterocycles. The summed E-state index contributed by atoms with van der Waals surface area (Å²) in [6.07, 6.45) is 0. The molecule has 21 heavy (non-hydrogen) atoms. The number of methoxy groups -OCH3 is 3. The quantitative estimate of drug-likeness (QED) is 0.809. The first-order valence-electron chi connectivity index (χ1n) is 6.68. The SMILES string of the molecule is COc1ccc(-c2oc(OC)c(C(C)(C)C)p2)cc1OC. The third kappa shape index (κ3) is 3.16. The van der Waals surface area contributed by atoms with E-state index in [1.807, 2.05) is 18.2 Å². The average Bonchev–Trinajstić information content (AvgIpc) is 2.90. The molecule has 1 aromatic heterocycles. The minimum Gasteiger partial charge on any atom is -0.493 e. The minimum absolute atomic E-state index is 0.00872. The molecule has 0 N–H and O–H groups in total. The van der Waals surface area contributed by atoms with Crippen LogP contribution in [0.4, 0.5) is 0 Å². The molecule has 2 rings (SSSR count). The van der Waals surface area contributed by atoms with E-state index in [4.69, 9.17) is 18.6 Å². The van der Waals surface area contributed by atoms with Gasteiger partial charge in [0, 0.05) is 5.56 Å². The lowest BCUT2D eigenvalue weighted by atomic mass is 9.95. The predicted octanol–water partition coefficient (Wildman–Crippen LogP) is 4.85. The molecule has 4 nitrogen and oxygen atoms in total. The highest BCUT2D eigenvalue weighted by Gasteiger charge is 2.25. The summed E-state index contributed by atoms with van der Waals surface area (Å²) in [7, 11) is 5.90. The standard InChI is InChI=1S/C16H21O4P/c1-16(2,3)13-14(19-6)20-15(21-13)10-7-8-11(17-4)12(9-10)18-5/h7-9H,1-6H3. The molecule has 0 bridgehead atoms. The van der Waals surface area contributed by atoms with Crippen LogP contribution in [0.1, 0.15) is 26.1 Å². The Morgan fingerprint density at radius 2 is 1.62 bits per heavy atom. The topological polar surface area (TPSA) is 40.8 Å². The molecule has 5 heteroatoms. The molecular formula is C16H21O4P. The number of rotatable bonds is 4. The van der Waals surface area contributed by atoms with E-state index in [0.29, 0.717) is 17.4 Å². The van der Waals surface area contributed by atoms with E-state index < -0.39 is 0 Å². The first-order chi connectivity index (χ1) is 9.90. The first-order valence-corrected chi connectivity index (χ1v) is 7.58. The molecule has 0 aliphatic heterocycles. The normalized spacial score (nSPS) is 11.7. The maximum absolute atomic E-state index is 5.87. The van der Waals surface area contributed by atoms with Crippen LogP contribution >= 0.6 is 8.19 Å². The van der Waals surface area contributed by atoms with Crippen molar-refractivity contribution >= 4 is 8.19 Å². The Morgan fingerprint density at radius 1 is 0.952 bits per heavy atom. The van der Waals surface area contributed by atoms with Crippen molar-refractivity contribution in [3.63, 3.8) is 0 Å². The highest BCUT2D eigenvalue weighted by Crippen LogP contribution is 2.47. The molecule has 0 radical (unpaired) electrons. The molecule has 0 saturated carbocycles. The van der Waals surface area contributed by atoms with Gasteiger partial charge in [0.2, 0.25) is 0 Å². The van der Waals surface area contributed by atoms with Crippen molar-refractivity contribution in [1.29, 1.82) is 0 Å². The maximum atomic E-state index is 5.87. The van der Waals surface area contributed by atoms with Crippen molar-refractivity contribution in [2.24, 2.45) is 0 Å². The Morgan fingerprint density at radius 3 is 2.10 bits per heavy atom. The Kier molecular flexibility index (Phi) is 4.48. The maximum Gasteiger partial charge on any atom is 0.293 e. The van der Waals surface area contributed by atoms with E-state index in [-0.39, 0.29) is 5.41 Å². The summed E-state index contributed by atoms with van der Waals surface area (Å²) in [5.41, 5.74) is 1.80. The first kappa shape index (κ1) is 15.7. The smallest absolute Gasteiger partial charge is 0.293 e. The van der Waals surface area contributed by atoms with E-state index in [1.165, 1.54) is 0 Å². The van der Waals surface area contributed by atoms with Crippen LogP contribution in [0.25, 0.3) is 11.1 Å². The highest BCUT2D eigenvalue weighted by molar-refractivity contribution is 7.34. The van der Waals surface area contributed by atoms with Crippen molar-refractivity contribution in [3.05, 3.63) is 23.5 Å². The van der Waals surface area contributed by atoms with Gasteiger partial charge in [0.05, 0.1) is 26.6 Å². The van der Waals surface area contributed by atoms with Gasteiger partial charge in [0.15, 0.2) is 17.0 Å². The van der Waals surface area contributed by atoms with Crippen LogP contribution in [-0.4, -0.2) is 21.3 Å². The fraction of sp³-hybridized carbons (Fsp3) is 0.438. The zero-order chi connectivity index (χ0) is 15.6. The number of benzene rings is 1. The van der Waals surface area contributed by atoms with E-state index in [2.05, 4.69) is 20.8 Å². The molecule has 0 amide bonds. The Labute approximate surface area is 127 Å². The molecule has 0 fully saturated rings. The van der Waals surface area contributed by atoms with Crippen LogP contribution in [0.15, 0.2) is 22.6 Å². The van der Waals surface area contributed by atoms with E-state index in [9.17, 15) is 0 Å². The summed E-state index contributed by atoms with van der Waals surface area (Å²) < 4.78 is 21.9. The second-order valence-electron chi connectivity index (χ2n) is 5.68. The predicted molar refractivity (Wildman–Crippen MR) is 85.0 cm³/mol. The van der Waals surface area contributed by atoms with Crippen molar-refractivity contribution in [2.45, 2.75) is 26.2 Å². The second kappa shape index (κ2) is 5.98. The monoisotopic (exact) mass is 308 g/mol. The molecule has 0 saturated heterocycles. The Hall–Kier alpha value is -1.67. The van der Waals surface area contributed by atoms with Crippen LogP contribution in [0.2, 0.25) is 0 Å². The van der Waals surface area contributed by atoms with E-state index in [0.717, 1.165) is 24.5 Å². The number of hydrogen-bond donors (Lipinski definition) is 0. The van der Waals surface area contributed by atoms with Gasteiger partial charge in [-0.2, -0.15) is 0 Å². The third-order valence-corrected chi connectivity index (χ3v) is 4.75. The Bertz CT molecular complexity index is 626.